The van der Waals surface area contributed by atoms with Gasteiger partial charge in [-0.1, -0.05) is 66.4 Å². The highest BCUT2D eigenvalue weighted by Crippen LogP contribution is 2.56. The number of hydrogen-bond donors (Lipinski definition) is 1. The molecule has 2 aliphatic heterocycles. The Morgan fingerprint density at radius 3 is 2.33 bits per heavy atom. The fraction of sp³-hybridized carbons (Fsp3) is 0.154. The van der Waals surface area contributed by atoms with E-state index < -0.39 is 29.3 Å². The highest BCUT2D eigenvalue weighted by Gasteiger charge is 2.66. The first kappa shape index (κ1) is 23.8. The molecule has 0 aliphatic carbocycles. The molecule has 5 rings (SSSR count). The number of fused-ring (bicyclic) bond motifs is 3. The number of carbonyl (C=O) groups excluding carboxylic acids is 2. The quantitative estimate of drug-likeness (QED) is 0.442. The number of urea groups is 1. The van der Waals surface area contributed by atoms with E-state index in [4.69, 9.17) is 9.47 Å². The number of thioether (sulfide) groups is 1. The van der Waals surface area contributed by atoms with E-state index in [9.17, 15) is 9.59 Å². The van der Waals surface area contributed by atoms with Crippen molar-refractivity contribution in [1.29, 1.82) is 0 Å². The molecule has 36 heavy (non-hydrogen) atoms. The van der Waals surface area contributed by atoms with Crippen LogP contribution < -0.4 is 15.0 Å². The van der Waals surface area contributed by atoms with Crippen molar-refractivity contribution in [2.75, 3.05) is 12.0 Å². The second-order valence-corrected chi connectivity index (χ2v) is 9.08. The minimum atomic E-state index is -5.09. The summed E-state index contributed by atoms with van der Waals surface area (Å²) in [5.41, 5.74) is -3.21. The molecular formula is C26H19F3N2O4S. The van der Waals surface area contributed by atoms with E-state index in [1.165, 1.54) is 31.4 Å². The molecular weight excluding hydrogens is 493 g/mol. The Balaban J connectivity index is 1.71. The number of nitrogens with one attached hydrogen (secondary N) is 1. The highest BCUT2D eigenvalue weighted by molar-refractivity contribution is 8.03. The molecule has 1 N–H and O–H groups in total. The van der Waals surface area contributed by atoms with E-state index in [0.717, 1.165) is 16.7 Å². The van der Waals surface area contributed by atoms with Gasteiger partial charge in [-0.25, -0.2) is 9.59 Å². The van der Waals surface area contributed by atoms with Gasteiger partial charge in [0, 0.05) is 4.90 Å². The SMILES string of the molecule is COc1ccc(C2(C(F)(F)F)NC(=O)N3C(=C2C(=O)OCc2ccccc2)Sc2ccccc23)cc1. The predicted octanol–water partition coefficient (Wildman–Crippen LogP) is 5.74. The second-order valence-electron chi connectivity index (χ2n) is 8.05. The molecule has 2 heterocycles. The van der Waals surface area contributed by atoms with Crippen LogP contribution in [0.3, 0.4) is 0 Å². The van der Waals surface area contributed by atoms with Gasteiger partial charge in [0.2, 0.25) is 0 Å². The van der Waals surface area contributed by atoms with Crippen molar-refractivity contribution >= 4 is 29.4 Å². The van der Waals surface area contributed by atoms with Crippen LogP contribution in [-0.4, -0.2) is 25.3 Å². The first-order chi connectivity index (χ1) is 17.3. The van der Waals surface area contributed by atoms with Gasteiger partial charge < -0.3 is 14.8 Å². The van der Waals surface area contributed by atoms with Crippen LogP contribution in [0.25, 0.3) is 0 Å². The standard InChI is InChI=1S/C26H19F3N2O4S/c1-34-18-13-11-17(12-14-18)25(26(27,28)29)21(23(32)35-15-16-7-3-2-4-8-16)22-31(24(33)30-25)19-9-5-6-10-20(19)36-22/h2-14H,15H2,1H3,(H,30,33). The first-order valence-electron chi connectivity index (χ1n) is 10.8. The smallest absolute Gasteiger partial charge is 0.420 e. The summed E-state index contributed by atoms with van der Waals surface area (Å²) in [7, 11) is 1.38. The molecule has 10 heteroatoms. The number of ether oxygens (including phenoxy) is 2. The van der Waals surface area contributed by atoms with E-state index in [-0.39, 0.29) is 17.2 Å². The molecule has 184 valence electrons. The maximum absolute atomic E-state index is 15.1. The summed E-state index contributed by atoms with van der Waals surface area (Å²) in [6.07, 6.45) is -5.09. The summed E-state index contributed by atoms with van der Waals surface area (Å²) >= 11 is 0.922. The van der Waals surface area contributed by atoms with Crippen molar-refractivity contribution < 1.29 is 32.2 Å². The molecule has 3 aromatic rings. The molecule has 0 saturated carbocycles. The largest absolute Gasteiger partial charge is 0.497 e. The lowest BCUT2D eigenvalue weighted by molar-refractivity contribution is -0.190. The zero-order valence-electron chi connectivity index (χ0n) is 18.8. The van der Waals surface area contributed by atoms with Gasteiger partial charge in [0.15, 0.2) is 5.54 Å². The molecule has 1 unspecified atom stereocenters. The Morgan fingerprint density at radius 1 is 1.00 bits per heavy atom. The van der Waals surface area contributed by atoms with Crippen LogP contribution in [0, 0.1) is 0 Å². The molecule has 0 fully saturated rings. The molecule has 6 nitrogen and oxygen atoms in total. The van der Waals surface area contributed by atoms with Gasteiger partial charge in [-0.15, -0.1) is 0 Å². The van der Waals surface area contributed by atoms with Gasteiger partial charge in [-0.3, -0.25) is 4.90 Å². The van der Waals surface area contributed by atoms with Crippen LogP contribution in [0.1, 0.15) is 11.1 Å². The topological polar surface area (TPSA) is 67.9 Å². The predicted molar refractivity (Wildman–Crippen MR) is 127 cm³/mol. The van der Waals surface area contributed by atoms with Gasteiger partial charge >= 0.3 is 18.2 Å². The molecule has 2 aliphatic rings. The van der Waals surface area contributed by atoms with Crippen LogP contribution in [0.5, 0.6) is 5.75 Å². The summed E-state index contributed by atoms with van der Waals surface area (Å²) in [6.45, 7) is -0.238. The van der Waals surface area contributed by atoms with Crippen LogP contribution >= 0.6 is 11.8 Å². The molecule has 0 radical (unpaired) electrons. The number of amides is 2. The number of hydrogen-bond acceptors (Lipinski definition) is 5. The number of halogens is 3. The molecule has 0 bridgehead atoms. The molecule has 1 atom stereocenters. The third-order valence-electron chi connectivity index (χ3n) is 5.97. The van der Waals surface area contributed by atoms with Crippen LogP contribution in [0.4, 0.5) is 23.7 Å². The van der Waals surface area contributed by atoms with Crippen LogP contribution in [-0.2, 0) is 21.7 Å². The van der Waals surface area contributed by atoms with Gasteiger partial charge in [0.05, 0.1) is 12.8 Å². The lowest BCUT2D eigenvalue weighted by Gasteiger charge is -2.43. The number of esters is 1. The number of rotatable bonds is 5. The Kier molecular flexibility index (Phi) is 5.91. The summed E-state index contributed by atoms with van der Waals surface area (Å²) in [6, 6.07) is 19.3. The Bertz CT molecular complexity index is 1360. The summed E-state index contributed by atoms with van der Waals surface area (Å²) in [5, 5.41) is 1.97. The zero-order valence-corrected chi connectivity index (χ0v) is 19.7. The fourth-order valence-electron chi connectivity index (χ4n) is 4.26. The number of para-hydroxylation sites is 1. The third kappa shape index (κ3) is 3.78. The molecule has 2 amide bonds. The number of methoxy groups -OCH3 is 1. The molecule has 0 saturated heterocycles. The number of carbonyl (C=O) groups is 2. The number of anilines is 1. The van der Waals surface area contributed by atoms with Crippen molar-refractivity contribution in [2.24, 2.45) is 0 Å². The number of alkyl halides is 3. The van der Waals surface area contributed by atoms with Crippen molar-refractivity contribution in [3.63, 3.8) is 0 Å². The Morgan fingerprint density at radius 2 is 1.67 bits per heavy atom. The van der Waals surface area contributed by atoms with E-state index in [1.807, 2.05) is 0 Å². The van der Waals surface area contributed by atoms with E-state index >= 15 is 13.2 Å². The van der Waals surface area contributed by atoms with Crippen molar-refractivity contribution in [3.05, 3.63) is 101 Å². The molecule has 0 spiro atoms. The second kappa shape index (κ2) is 8.94. The Labute approximate surface area is 208 Å². The van der Waals surface area contributed by atoms with E-state index in [0.29, 0.717) is 21.9 Å². The third-order valence-corrected chi connectivity index (χ3v) is 7.11. The van der Waals surface area contributed by atoms with Crippen molar-refractivity contribution in [2.45, 2.75) is 23.2 Å². The van der Waals surface area contributed by atoms with Gasteiger partial charge in [0.1, 0.15) is 23.0 Å². The Hall–Kier alpha value is -3.92. The highest BCUT2D eigenvalue weighted by atomic mass is 32.2. The average molecular weight is 513 g/mol. The minimum Gasteiger partial charge on any atom is -0.497 e. The maximum Gasteiger partial charge on any atom is 0.420 e. The number of benzene rings is 3. The first-order valence-corrected chi connectivity index (χ1v) is 11.6. The normalized spacial score (nSPS) is 18.9. The van der Waals surface area contributed by atoms with Crippen LogP contribution in [0.2, 0.25) is 0 Å². The summed E-state index contributed by atoms with van der Waals surface area (Å²) in [5.74, 6) is -0.865. The maximum atomic E-state index is 15.1. The molecule has 0 aromatic heterocycles. The van der Waals surface area contributed by atoms with Gasteiger partial charge in [0.25, 0.3) is 0 Å². The van der Waals surface area contributed by atoms with Crippen LogP contribution in [0.15, 0.2) is 94.4 Å². The number of nitrogens with zero attached hydrogens (tertiary/aromatic N) is 1. The van der Waals surface area contributed by atoms with Gasteiger partial charge in [-0.05, 0) is 35.4 Å². The lowest BCUT2D eigenvalue weighted by Crippen LogP contribution is -2.64. The van der Waals surface area contributed by atoms with E-state index in [1.54, 1.807) is 54.6 Å². The van der Waals surface area contributed by atoms with E-state index in [2.05, 4.69) is 5.32 Å². The summed E-state index contributed by atoms with van der Waals surface area (Å²) < 4.78 is 55.7. The average Bonchev–Trinajstić information content (AvgIpc) is 3.27. The minimum absolute atomic E-state index is 0.147. The monoisotopic (exact) mass is 512 g/mol. The lowest BCUT2D eigenvalue weighted by atomic mass is 9.80. The van der Waals surface area contributed by atoms with Crippen molar-refractivity contribution in [3.8, 4) is 5.75 Å². The van der Waals surface area contributed by atoms with Gasteiger partial charge in [-0.2, -0.15) is 13.2 Å². The van der Waals surface area contributed by atoms with Crippen molar-refractivity contribution in [1.82, 2.24) is 5.32 Å². The zero-order chi connectivity index (χ0) is 25.5. The fourth-order valence-corrected chi connectivity index (χ4v) is 5.49. The molecule has 3 aromatic carbocycles. The summed E-state index contributed by atoms with van der Waals surface area (Å²) in [4.78, 5) is 28.4.